The van der Waals surface area contributed by atoms with Crippen molar-refractivity contribution in [1.82, 2.24) is 5.32 Å². The molecule has 16 heavy (non-hydrogen) atoms. The summed E-state index contributed by atoms with van der Waals surface area (Å²) in [5.74, 6) is -2.53. The van der Waals surface area contributed by atoms with Crippen LogP contribution in [0.3, 0.4) is 0 Å². The van der Waals surface area contributed by atoms with Crippen molar-refractivity contribution in [2.75, 3.05) is 6.54 Å². The van der Waals surface area contributed by atoms with Crippen molar-refractivity contribution >= 4 is 11.6 Å². The Kier molecular flexibility index (Phi) is 3.45. The van der Waals surface area contributed by atoms with Crippen molar-refractivity contribution in [3.05, 3.63) is 34.9 Å². The van der Waals surface area contributed by atoms with Crippen LogP contribution in [0.5, 0.6) is 0 Å². The first kappa shape index (κ1) is 11.8. The topological polar surface area (TPSA) is 12.0 Å². The molecule has 1 nitrogen and oxygen atoms in total. The Morgan fingerprint density at radius 1 is 1.31 bits per heavy atom. The lowest BCUT2D eigenvalue weighted by molar-refractivity contribution is -0.0299. The average molecular weight is 246 g/mol. The summed E-state index contributed by atoms with van der Waals surface area (Å²) in [6.07, 6.45) is 1.29. The Hall–Kier alpha value is -0.670. The summed E-state index contributed by atoms with van der Waals surface area (Å²) in [4.78, 5) is 0. The number of benzene rings is 1. The third-order valence-electron chi connectivity index (χ3n) is 2.90. The molecule has 2 rings (SSSR count). The second kappa shape index (κ2) is 4.68. The minimum atomic E-state index is -2.53. The summed E-state index contributed by atoms with van der Waals surface area (Å²) < 4.78 is 25.8. The van der Waals surface area contributed by atoms with Crippen molar-refractivity contribution in [2.45, 2.75) is 31.2 Å². The van der Waals surface area contributed by atoms with Crippen molar-refractivity contribution in [2.24, 2.45) is 0 Å². The van der Waals surface area contributed by atoms with Crippen molar-refractivity contribution in [3.63, 3.8) is 0 Å². The van der Waals surface area contributed by atoms with Gasteiger partial charge in [-0.25, -0.2) is 8.78 Å². The molecular formula is C12H14ClF2N. The van der Waals surface area contributed by atoms with E-state index in [1.807, 2.05) is 24.3 Å². The van der Waals surface area contributed by atoms with E-state index in [0.717, 1.165) is 12.0 Å². The van der Waals surface area contributed by atoms with E-state index < -0.39 is 5.92 Å². The fourth-order valence-electron chi connectivity index (χ4n) is 1.95. The summed E-state index contributed by atoms with van der Waals surface area (Å²) in [7, 11) is 0. The first-order valence-corrected chi connectivity index (χ1v) is 5.79. The molecule has 0 unspecified atom stereocenters. The van der Waals surface area contributed by atoms with Gasteiger partial charge in [-0.1, -0.05) is 23.7 Å². The number of nitrogens with one attached hydrogen (secondary N) is 1. The van der Waals surface area contributed by atoms with Crippen LogP contribution in [0.2, 0.25) is 5.02 Å². The zero-order chi connectivity index (χ0) is 11.6. The van der Waals surface area contributed by atoms with Crippen molar-refractivity contribution in [1.29, 1.82) is 0 Å². The Balaban J connectivity index is 1.89. The molecule has 1 N–H and O–H groups in total. The maximum absolute atomic E-state index is 12.9. The molecule has 1 saturated heterocycles. The average Bonchev–Trinajstić information content (AvgIpc) is 2.24. The highest BCUT2D eigenvalue weighted by Crippen LogP contribution is 2.25. The predicted molar refractivity (Wildman–Crippen MR) is 61.1 cm³/mol. The third-order valence-corrected chi connectivity index (χ3v) is 3.16. The van der Waals surface area contributed by atoms with Gasteiger partial charge in [0.05, 0.1) is 6.54 Å². The van der Waals surface area contributed by atoms with Gasteiger partial charge in [-0.3, -0.25) is 0 Å². The minimum Gasteiger partial charge on any atom is -0.308 e. The van der Waals surface area contributed by atoms with Gasteiger partial charge in [0.2, 0.25) is 0 Å². The Labute approximate surface area is 98.8 Å². The number of piperidine rings is 1. The van der Waals surface area contributed by atoms with Gasteiger partial charge in [0.1, 0.15) is 0 Å². The molecule has 0 bridgehead atoms. The fraction of sp³-hybridized carbons (Fsp3) is 0.500. The van der Waals surface area contributed by atoms with Gasteiger partial charge >= 0.3 is 0 Å². The molecule has 0 radical (unpaired) electrons. The van der Waals surface area contributed by atoms with Gasteiger partial charge in [-0.15, -0.1) is 0 Å². The van der Waals surface area contributed by atoms with E-state index >= 15 is 0 Å². The Morgan fingerprint density at radius 3 is 2.56 bits per heavy atom. The molecule has 1 aliphatic rings. The highest BCUT2D eigenvalue weighted by atomic mass is 35.5. The van der Waals surface area contributed by atoms with Crippen LogP contribution in [0.25, 0.3) is 0 Å². The van der Waals surface area contributed by atoms with Crippen LogP contribution < -0.4 is 5.32 Å². The van der Waals surface area contributed by atoms with Crippen molar-refractivity contribution in [3.8, 4) is 0 Å². The highest BCUT2D eigenvalue weighted by molar-refractivity contribution is 6.30. The molecule has 1 aromatic carbocycles. The standard InChI is InChI=1S/C12H14ClF2N/c13-10-3-1-9(2-4-10)7-11-5-6-12(14,15)8-16-11/h1-4,11,16H,5-8H2/t11-/m1/s1. The van der Waals surface area contributed by atoms with Crippen LogP contribution in [0, 0.1) is 0 Å². The second-order valence-corrected chi connectivity index (χ2v) is 4.74. The first-order valence-electron chi connectivity index (χ1n) is 5.41. The number of alkyl halides is 2. The molecule has 0 aliphatic carbocycles. The monoisotopic (exact) mass is 245 g/mol. The lowest BCUT2D eigenvalue weighted by Crippen LogP contribution is -2.46. The Morgan fingerprint density at radius 2 is 2.00 bits per heavy atom. The summed E-state index contributed by atoms with van der Waals surface area (Å²) >= 11 is 5.78. The van der Waals surface area contributed by atoms with Crippen LogP contribution in [0.4, 0.5) is 8.78 Å². The molecule has 0 amide bonds. The van der Waals surface area contributed by atoms with E-state index in [0.29, 0.717) is 11.4 Å². The molecule has 88 valence electrons. The fourth-order valence-corrected chi connectivity index (χ4v) is 2.07. The van der Waals surface area contributed by atoms with Gasteiger partial charge in [-0.2, -0.15) is 0 Å². The van der Waals surface area contributed by atoms with Gasteiger partial charge in [0.15, 0.2) is 0 Å². The molecule has 1 heterocycles. The molecular weight excluding hydrogens is 232 g/mol. The zero-order valence-electron chi connectivity index (χ0n) is 8.85. The van der Waals surface area contributed by atoms with E-state index in [2.05, 4.69) is 5.32 Å². The normalized spacial score (nSPS) is 24.3. The van der Waals surface area contributed by atoms with Crippen LogP contribution >= 0.6 is 11.6 Å². The number of hydrogen-bond acceptors (Lipinski definition) is 1. The van der Waals surface area contributed by atoms with Crippen LogP contribution in [-0.2, 0) is 6.42 Å². The lowest BCUT2D eigenvalue weighted by Gasteiger charge is -2.29. The van der Waals surface area contributed by atoms with E-state index in [1.165, 1.54) is 0 Å². The molecule has 1 fully saturated rings. The van der Waals surface area contributed by atoms with E-state index in [-0.39, 0.29) is 19.0 Å². The van der Waals surface area contributed by atoms with E-state index in [4.69, 9.17) is 11.6 Å². The smallest absolute Gasteiger partial charge is 0.260 e. The maximum Gasteiger partial charge on any atom is 0.260 e. The van der Waals surface area contributed by atoms with Crippen LogP contribution in [0.15, 0.2) is 24.3 Å². The maximum atomic E-state index is 12.9. The van der Waals surface area contributed by atoms with E-state index in [1.54, 1.807) is 0 Å². The third kappa shape index (κ3) is 3.16. The second-order valence-electron chi connectivity index (χ2n) is 4.30. The predicted octanol–water partition coefficient (Wildman–Crippen LogP) is 3.27. The van der Waals surface area contributed by atoms with Gasteiger partial charge < -0.3 is 5.32 Å². The molecule has 4 heteroatoms. The quantitative estimate of drug-likeness (QED) is 0.843. The molecule has 0 spiro atoms. The largest absolute Gasteiger partial charge is 0.308 e. The summed E-state index contributed by atoms with van der Waals surface area (Å²) in [6.45, 7) is -0.203. The summed E-state index contributed by atoms with van der Waals surface area (Å²) in [5, 5.41) is 3.59. The van der Waals surface area contributed by atoms with Gasteiger partial charge in [-0.05, 0) is 30.5 Å². The molecule has 0 aromatic heterocycles. The van der Waals surface area contributed by atoms with Crippen molar-refractivity contribution < 1.29 is 8.78 Å². The first-order chi connectivity index (χ1) is 7.55. The molecule has 1 aliphatic heterocycles. The highest BCUT2D eigenvalue weighted by Gasteiger charge is 2.34. The van der Waals surface area contributed by atoms with Gasteiger partial charge in [0, 0.05) is 17.5 Å². The van der Waals surface area contributed by atoms with Gasteiger partial charge in [0.25, 0.3) is 5.92 Å². The molecule has 1 atom stereocenters. The number of hydrogen-bond donors (Lipinski definition) is 1. The molecule has 0 saturated carbocycles. The summed E-state index contributed by atoms with van der Waals surface area (Å²) in [6, 6.07) is 7.69. The SMILES string of the molecule is FC1(F)CC[C@H](Cc2ccc(Cl)cc2)NC1. The zero-order valence-corrected chi connectivity index (χ0v) is 9.61. The number of halogens is 3. The van der Waals surface area contributed by atoms with E-state index in [9.17, 15) is 8.78 Å². The van der Waals surface area contributed by atoms with Crippen LogP contribution in [-0.4, -0.2) is 18.5 Å². The lowest BCUT2D eigenvalue weighted by atomic mass is 9.96. The molecule has 1 aromatic rings. The summed E-state index contributed by atoms with van der Waals surface area (Å²) in [5.41, 5.74) is 1.13. The number of rotatable bonds is 2. The Bertz CT molecular complexity index is 341. The minimum absolute atomic E-state index is 0.0156. The van der Waals surface area contributed by atoms with Crippen LogP contribution in [0.1, 0.15) is 18.4 Å².